The molecule has 1 fully saturated rings. The summed E-state index contributed by atoms with van der Waals surface area (Å²) >= 11 is 2.94. The van der Waals surface area contributed by atoms with E-state index in [9.17, 15) is 14.4 Å². The van der Waals surface area contributed by atoms with E-state index in [1.54, 1.807) is 28.2 Å². The molecule has 3 amide bonds. The fraction of sp³-hybridized carbons (Fsp3) is 0.455. The number of carbonyl (C=O) groups excluding carboxylic acids is 3. The first-order valence-corrected chi connectivity index (χ1v) is 12.1. The van der Waals surface area contributed by atoms with E-state index in [4.69, 9.17) is 0 Å². The highest BCUT2D eigenvalue weighted by Gasteiger charge is 2.57. The number of aromatic nitrogens is 1. The van der Waals surface area contributed by atoms with Crippen LogP contribution >= 0.6 is 23.1 Å². The van der Waals surface area contributed by atoms with Crippen LogP contribution in [0.15, 0.2) is 35.8 Å². The summed E-state index contributed by atoms with van der Waals surface area (Å²) in [6.07, 6.45) is 2.34. The van der Waals surface area contributed by atoms with Crippen LogP contribution in [0.25, 0.3) is 0 Å². The number of fused-ring (bicyclic) bond motifs is 3. The van der Waals surface area contributed by atoms with Gasteiger partial charge < -0.3 is 15.5 Å². The van der Waals surface area contributed by atoms with Crippen LogP contribution < -0.4 is 10.6 Å². The smallest absolute Gasteiger partial charge is 0.256 e. The third-order valence-electron chi connectivity index (χ3n) is 6.00. The zero-order chi connectivity index (χ0) is 22.3. The summed E-state index contributed by atoms with van der Waals surface area (Å²) in [5.74, 6) is -0.816. The van der Waals surface area contributed by atoms with Crippen LogP contribution in [-0.2, 0) is 9.59 Å². The van der Waals surface area contributed by atoms with Gasteiger partial charge in [-0.05, 0) is 31.4 Å². The van der Waals surface area contributed by atoms with Crippen molar-refractivity contribution in [3.05, 3.63) is 47.0 Å². The summed E-state index contributed by atoms with van der Waals surface area (Å²) in [5.41, 5.74) is 1.59. The van der Waals surface area contributed by atoms with Gasteiger partial charge in [0.05, 0.1) is 0 Å². The number of thiazole rings is 1. The molecule has 0 bridgehead atoms. The normalized spacial score (nSPS) is 23.1. The summed E-state index contributed by atoms with van der Waals surface area (Å²) in [4.78, 5) is 45.4. The first-order valence-electron chi connectivity index (χ1n) is 10.3. The van der Waals surface area contributed by atoms with E-state index in [1.165, 1.54) is 11.3 Å². The highest BCUT2D eigenvalue weighted by atomic mass is 32.2. The van der Waals surface area contributed by atoms with Crippen LogP contribution in [0.1, 0.15) is 55.4 Å². The van der Waals surface area contributed by atoms with Gasteiger partial charge in [0.25, 0.3) is 5.91 Å². The van der Waals surface area contributed by atoms with Gasteiger partial charge in [0.1, 0.15) is 17.5 Å². The Labute approximate surface area is 190 Å². The Kier molecular flexibility index (Phi) is 5.83. The Balaban J connectivity index is 1.58. The summed E-state index contributed by atoms with van der Waals surface area (Å²) < 4.78 is -0.496. The number of carbonyl (C=O) groups is 3. The minimum Gasteiger partial charge on any atom is -0.342 e. The number of benzene rings is 1. The summed E-state index contributed by atoms with van der Waals surface area (Å²) in [6, 6.07) is 6.11. The van der Waals surface area contributed by atoms with E-state index in [2.05, 4.69) is 15.6 Å². The second kappa shape index (κ2) is 8.27. The molecule has 0 radical (unpaired) electrons. The van der Waals surface area contributed by atoms with E-state index in [0.717, 1.165) is 12.0 Å². The van der Waals surface area contributed by atoms with Crippen LogP contribution in [0, 0.1) is 5.92 Å². The molecule has 31 heavy (non-hydrogen) atoms. The van der Waals surface area contributed by atoms with Crippen molar-refractivity contribution in [2.75, 3.05) is 5.32 Å². The van der Waals surface area contributed by atoms with Gasteiger partial charge in [0, 0.05) is 21.9 Å². The molecule has 0 spiro atoms. The number of amides is 3. The van der Waals surface area contributed by atoms with E-state index >= 15 is 0 Å². The third kappa shape index (κ3) is 3.85. The number of rotatable bonds is 6. The zero-order valence-electron chi connectivity index (χ0n) is 17.9. The lowest BCUT2D eigenvalue weighted by molar-refractivity contribution is -0.131. The van der Waals surface area contributed by atoms with Crippen molar-refractivity contribution in [2.24, 2.45) is 5.92 Å². The first-order chi connectivity index (χ1) is 14.7. The summed E-state index contributed by atoms with van der Waals surface area (Å²) in [5, 5.41) is 7.83. The van der Waals surface area contributed by atoms with Gasteiger partial charge in [0.15, 0.2) is 5.13 Å². The molecule has 2 aliphatic heterocycles. The van der Waals surface area contributed by atoms with Gasteiger partial charge in [-0.1, -0.05) is 38.5 Å². The van der Waals surface area contributed by atoms with Gasteiger partial charge in [-0.3, -0.25) is 14.4 Å². The Bertz CT molecular complexity index is 1010. The van der Waals surface area contributed by atoms with Gasteiger partial charge in [0.2, 0.25) is 11.8 Å². The lowest BCUT2D eigenvalue weighted by Crippen LogP contribution is -2.57. The molecule has 1 saturated heterocycles. The predicted molar refractivity (Wildman–Crippen MR) is 123 cm³/mol. The van der Waals surface area contributed by atoms with Crippen molar-refractivity contribution >= 4 is 46.0 Å². The molecule has 2 N–H and O–H groups in total. The highest BCUT2D eigenvalue weighted by Crippen LogP contribution is 2.56. The molecular formula is C22H26N4O3S2. The van der Waals surface area contributed by atoms with Crippen molar-refractivity contribution in [1.82, 2.24) is 15.2 Å². The lowest BCUT2D eigenvalue weighted by Gasteiger charge is -2.32. The van der Waals surface area contributed by atoms with E-state index in [1.807, 2.05) is 52.0 Å². The molecule has 4 rings (SSSR count). The number of anilines is 1. The molecule has 2 aliphatic rings. The molecule has 3 heterocycles. The highest BCUT2D eigenvalue weighted by molar-refractivity contribution is 8.01. The predicted octanol–water partition coefficient (Wildman–Crippen LogP) is 3.66. The van der Waals surface area contributed by atoms with Gasteiger partial charge >= 0.3 is 0 Å². The molecular weight excluding hydrogens is 432 g/mol. The van der Waals surface area contributed by atoms with E-state index < -0.39 is 16.8 Å². The van der Waals surface area contributed by atoms with Crippen molar-refractivity contribution in [3.8, 4) is 0 Å². The minimum atomic E-state index is -0.721. The Morgan fingerprint density at radius 2 is 2.03 bits per heavy atom. The van der Waals surface area contributed by atoms with Gasteiger partial charge in [-0.25, -0.2) is 4.98 Å². The molecule has 2 aromatic rings. The second-order valence-electron chi connectivity index (χ2n) is 8.47. The van der Waals surface area contributed by atoms with Gasteiger partial charge in [-0.15, -0.1) is 23.1 Å². The molecule has 1 aromatic carbocycles. The molecule has 164 valence electrons. The largest absolute Gasteiger partial charge is 0.342 e. The lowest BCUT2D eigenvalue weighted by atomic mass is 9.95. The molecule has 0 unspecified atom stereocenters. The number of nitrogens with zero attached hydrogens (tertiary/aromatic N) is 2. The second-order valence-corrected chi connectivity index (χ2v) is 11.1. The van der Waals surface area contributed by atoms with E-state index in [-0.39, 0.29) is 29.0 Å². The summed E-state index contributed by atoms with van der Waals surface area (Å²) in [6.45, 7) is 7.86. The summed E-state index contributed by atoms with van der Waals surface area (Å²) in [7, 11) is 0. The third-order valence-corrected chi connectivity index (χ3v) is 8.22. The van der Waals surface area contributed by atoms with Crippen molar-refractivity contribution in [2.45, 2.75) is 56.3 Å². The fourth-order valence-corrected chi connectivity index (χ4v) is 6.33. The number of thioether (sulfide) groups is 1. The number of nitrogens with one attached hydrogen (secondary N) is 2. The Morgan fingerprint density at radius 3 is 2.71 bits per heavy atom. The van der Waals surface area contributed by atoms with Crippen LogP contribution in [0.4, 0.5) is 5.13 Å². The maximum Gasteiger partial charge on any atom is 0.256 e. The van der Waals surface area contributed by atoms with Crippen LogP contribution in [0.5, 0.6) is 0 Å². The van der Waals surface area contributed by atoms with Gasteiger partial charge in [-0.2, -0.15) is 0 Å². The molecule has 4 atom stereocenters. The first kappa shape index (κ1) is 21.8. The monoisotopic (exact) mass is 458 g/mol. The SMILES string of the molecule is CC[C@H](C)[C@H](NC(=O)[C@H]1N2C(=O)c3ccccc3[C@@H]2SC1(C)C)C(=O)Nc1nccs1. The quantitative estimate of drug-likeness (QED) is 0.689. The Hall–Kier alpha value is -2.39. The van der Waals surface area contributed by atoms with Crippen molar-refractivity contribution in [3.63, 3.8) is 0 Å². The van der Waals surface area contributed by atoms with E-state index in [0.29, 0.717) is 10.7 Å². The molecule has 1 aromatic heterocycles. The van der Waals surface area contributed by atoms with Crippen molar-refractivity contribution in [1.29, 1.82) is 0 Å². The standard InChI is InChI=1S/C22H26N4O3S2/c1-5-12(2)15(17(27)25-21-23-10-11-30-21)24-18(28)16-22(3,4)31-20-14-9-7-6-8-13(14)19(29)26(16)20/h6-12,15-16,20H,5H2,1-4H3,(H,24,28)(H,23,25,27)/t12-,15-,16+,20-/m0/s1. The topological polar surface area (TPSA) is 91.4 Å². The molecule has 9 heteroatoms. The maximum atomic E-state index is 13.5. The average molecular weight is 459 g/mol. The number of hydrogen-bond acceptors (Lipinski definition) is 6. The zero-order valence-corrected chi connectivity index (χ0v) is 19.5. The minimum absolute atomic E-state index is 0.0802. The number of hydrogen-bond donors (Lipinski definition) is 2. The maximum absolute atomic E-state index is 13.5. The average Bonchev–Trinajstić information content (AvgIpc) is 3.41. The van der Waals surface area contributed by atoms with Crippen LogP contribution in [-0.4, -0.2) is 44.4 Å². The molecule has 0 aliphatic carbocycles. The Morgan fingerprint density at radius 1 is 1.29 bits per heavy atom. The van der Waals surface area contributed by atoms with Crippen LogP contribution in [0.3, 0.4) is 0 Å². The fourth-order valence-electron chi connectivity index (χ4n) is 4.21. The van der Waals surface area contributed by atoms with Crippen molar-refractivity contribution < 1.29 is 14.4 Å². The molecule has 7 nitrogen and oxygen atoms in total. The van der Waals surface area contributed by atoms with Crippen LogP contribution in [0.2, 0.25) is 0 Å². The molecule has 0 saturated carbocycles.